The maximum atomic E-state index is 11.3. The molecule has 1 aromatic carbocycles. The van der Waals surface area contributed by atoms with Crippen molar-refractivity contribution >= 4 is 29.3 Å². The quantitative estimate of drug-likeness (QED) is 0.866. The van der Waals surface area contributed by atoms with Crippen LogP contribution in [0.3, 0.4) is 0 Å². The van der Waals surface area contributed by atoms with Crippen LogP contribution in [0.5, 0.6) is 11.5 Å². The van der Waals surface area contributed by atoms with Crippen molar-refractivity contribution in [3.63, 3.8) is 0 Å². The summed E-state index contributed by atoms with van der Waals surface area (Å²) in [5, 5.41) is 2.74. The Balaban J connectivity index is 1.31. The van der Waals surface area contributed by atoms with Crippen molar-refractivity contribution in [3.8, 4) is 11.5 Å². The normalized spacial score (nSPS) is 20.0. The number of para-hydroxylation sites is 2. The Morgan fingerprint density at radius 2 is 2.00 bits per heavy atom. The van der Waals surface area contributed by atoms with Gasteiger partial charge in [0.2, 0.25) is 5.91 Å². The van der Waals surface area contributed by atoms with E-state index in [1.54, 1.807) is 0 Å². The summed E-state index contributed by atoms with van der Waals surface area (Å²) in [7, 11) is 0. The van der Waals surface area contributed by atoms with Gasteiger partial charge in [-0.15, -0.1) is 0 Å². The zero-order valence-electron chi connectivity index (χ0n) is 14.6. The Kier molecular flexibility index (Phi) is 4.89. The Morgan fingerprint density at radius 3 is 2.77 bits per heavy atom. The van der Waals surface area contributed by atoms with Crippen LogP contribution in [0, 0.1) is 0 Å². The Labute approximate surface area is 156 Å². The number of hydrogen-bond donors (Lipinski definition) is 1. The molecule has 4 rings (SSSR count). The fourth-order valence-electron chi connectivity index (χ4n) is 3.22. The van der Waals surface area contributed by atoms with Crippen molar-refractivity contribution in [3.05, 3.63) is 24.3 Å². The predicted molar refractivity (Wildman–Crippen MR) is 99.2 cm³/mol. The van der Waals surface area contributed by atoms with E-state index in [4.69, 9.17) is 9.47 Å². The summed E-state index contributed by atoms with van der Waals surface area (Å²) in [6.45, 7) is 6.35. The molecule has 8 nitrogen and oxygen atoms in total. The minimum Gasteiger partial charge on any atom is -0.486 e. The number of carbonyl (C=O) groups excluding carboxylic acids is 1. The summed E-state index contributed by atoms with van der Waals surface area (Å²) in [6, 6.07) is 7.78. The molecule has 0 bridgehead atoms. The van der Waals surface area contributed by atoms with E-state index in [2.05, 4.69) is 23.9 Å². The van der Waals surface area contributed by atoms with E-state index >= 15 is 0 Å². The number of piperazine rings is 1. The second-order valence-corrected chi connectivity index (χ2v) is 6.93. The first-order valence-corrected chi connectivity index (χ1v) is 9.38. The summed E-state index contributed by atoms with van der Waals surface area (Å²) in [6.07, 6.45) is 0.0346. The number of nitrogens with zero attached hydrogens (tertiary/aromatic N) is 4. The molecule has 26 heavy (non-hydrogen) atoms. The summed E-state index contributed by atoms with van der Waals surface area (Å²) in [4.78, 5) is 15.8. The second-order valence-electron chi connectivity index (χ2n) is 6.40. The van der Waals surface area contributed by atoms with Gasteiger partial charge >= 0.3 is 0 Å². The van der Waals surface area contributed by atoms with Crippen molar-refractivity contribution in [2.75, 3.05) is 49.5 Å². The van der Waals surface area contributed by atoms with Crippen molar-refractivity contribution in [1.29, 1.82) is 0 Å². The molecule has 2 aromatic rings. The minimum absolute atomic E-state index is 0.0346. The van der Waals surface area contributed by atoms with Crippen molar-refractivity contribution in [1.82, 2.24) is 13.6 Å². The molecule has 0 saturated carbocycles. The Bertz CT molecular complexity index is 775. The molecule has 138 valence electrons. The van der Waals surface area contributed by atoms with Gasteiger partial charge in [-0.25, -0.2) is 0 Å². The van der Waals surface area contributed by atoms with E-state index in [0.717, 1.165) is 61.8 Å². The van der Waals surface area contributed by atoms with Gasteiger partial charge in [-0.05, 0) is 12.1 Å². The molecule has 0 aliphatic carbocycles. The van der Waals surface area contributed by atoms with Crippen LogP contribution in [0.25, 0.3) is 0 Å². The third-order valence-electron chi connectivity index (χ3n) is 4.47. The summed E-state index contributed by atoms with van der Waals surface area (Å²) in [5.74, 6) is 2.81. The maximum absolute atomic E-state index is 11.3. The van der Waals surface area contributed by atoms with E-state index in [-0.39, 0.29) is 12.0 Å². The number of rotatable bonds is 4. The highest BCUT2D eigenvalue weighted by Gasteiger charge is 2.27. The van der Waals surface area contributed by atoms with E-state index in [0.29, 0.717) is 12.4 Å². The van der Waals surface area contributed by atoms with Crippen LogP contribution >= 0.6 is 11.7 Å². The molecule has 1 N–H and O–H groups in total. The minimum atomic E-state index is -0.132. The SMILES string of the molecule is CC(=O)Nc1nsnc1N1CCN(CC2COc3ccccc3O2)CC1. The van der Waals surface area contributed by atoms with Gasteiger partial charge in [-0.1, -0.05) is 12.1 Å². The number of fused-ring (bicyclic) bond motifs is 1. The number of nitrogens with one attached hydrogen (secondary N) is 1. The van der Waals surface area contributed by atoms with Gasteiger partial charge in [-0.2, -0.15) is 8.75 Å². The molecular formula is C17H21N5O3S. The van der Waals surface area contributed by atoms with Gasteiger partial charge < -0.3 is 19.7 Å². The fourth-order valence-corrected chi connectivity index (χ4v) is 3.75. The van der Waals surface area contributed by atoms with Crippen molar-refractivity contribution in [2.45, 2.75) is 13.0 Å². The average Bonchev–Trinajstić information content (AvgIpc) is 3.10. The fraction of sp³-hybridized carbons (Fsp3) is 0.471. The highest BCUT2D eigenvalue weighted by molar-refractivity contribution is 6.99. The average molecular weight is 375 g/mol. The molecule has 0 radical (unpaired) electrons. The summed E-state index contributed by atoms with van der Waals surface area (Å²) in [5.41, 5.74) is 0. The summed E-state index contributed by atoms with van der Waals surface area (Å²) < 4.78 is 20.3. The Morgan fingerprint density at radius 1 is 1.23 bits per heavy atom. The molecule has 1 saturated heterocycles. The zero-order chi connectivity index (χ0) is 17.9. The first kappa shape index (κ1) is 17.0. The highest BCUT2D eigenvalue weighted by atomic mass is 32.1. The molecule has 1 aromatic heterocycles. The lowest BCUT2D eigenvalue weighted by molar-refractivity contribution is -0.114. The topological polar surface area (TPSA) is 79.8 Å². The molecule has 1 amide bonds. The predicted octanol–water partition coefficient (Wildman–Crippen LogP) is 1.46. The smallest absolute Gasteiger partial charge is 0.222 e. The van der Waals surface area contributed by atoms with E-state index in [1.165, 1.54) is 6.92 Å². The standard InChI is InChI=1S/C17H21N5O3S/c1-12(23)18-16-17(20-26-19-16)22-8-6-21(7-9-22)10-13-11-24-14-4-2-3-5-15(14)25-13/h2-5,13H,6-11H2,1H3,(H,18,19,23). The van der Waals surface area contributed by atoms with Crippen molar-refractivity contribution < 1.29 is 14.3 Å². The molecular weight excluding hydrogens is 354 g/mol. The largest absolute Gasteiger partial charge is 0.486 e. The van der Waals surface area contributed by atoms with Crippen LogP contribution < -0.4 is 19.7 Å². The molecule has 9 heteroatoms. The number of aromatic nitrogens is 2. The van der Waals surface area contributed by atoms with Crippen LogP contribution in [0.15, 0.2) is 24.3 Å². The second kappa shape index (κ2) is 7.46. The van der Waals surface area contributed by atoms with Gasteiger partial charge in [0.15, 0.2) is 23.1 Å². The number of carbonyl (C=O) groups is 1. The lowest BCUT2D eigenvalue weighted by Crippen LogP contribution is -2.51. The van der Waals surface area contributed by atoms with Gasteiger partial charge in [0.25, 0.3) is 0 Å². The van der Waals surface area contributed by atoms with Gasteiger partial charge in [0, 0.05) is 39.6 Å². The highest BCUT2D eigenvalue weighted by Crippen LogP contribution is 2.31. The molecule has 0 spiro atoms. The number of ether oxygens (including phenoxy) is 2. The van der Waals surface area contributed by atoms with Crippen molar-refractivity contribution in [2.24, 2.45) is 0 Å². The third-order valence-corrected chi connectivity index (χ3v) is 4.99. The lowest BCUT2D eigenvalue weighted by atomic mass is 10.2. The van der Waals surface area contributed by atoms with Crippen LogP contribution in [-0.4, -0.2) is 65.0 Å². The monoisotopic (exact) mass is 375 g/mol. The lowest BCUT2D eigenvalue weighted by Gasteiger charge is -2.37. The van der Waals surface area contributed by atoms with Crippen LogP contribution in [0.4, 0.5) is 11.6 Å². The molecule has 1 fully saturated rings. The first-order valence-electron chi connectivity index (χ1n) is 8.65. The number of benzene rings is 1. The van der Waals surface area contributed by atoms with Crippen LogP contribution in [0.1, 0.15) is 6.92 Å². The van der Waals surface area contributed by atoms with Gasteiger partial charge in [0.05, 0.1) is 11.7 Å². The molecule has 2 aliphatic heterocycles. The first-order chi connectivity index (χ1) is 12.7. The van der Waals surface area contributed by atoms with E-state index < -0.39 is 0 Å². The Hall–Kier alpha value is -2.39. The summed E-state index contributed by atoms with van der Waals surface area (Å²) >= 11 is 1.12. The molecule has 3 heterocycles. The van der Waals surface area contributed by atoms with Crippen LogP contribution in [0.2, 0.25) is 0 Å². The molecule has 2 aliphatic rings. The van der Waals surface area contributed by atoms with Gasteiger partial charge in [0.1, 0.15) is 12.7 Å². The van der Waals surface area contributed by atoms with E-state index in [1.807, 2.05) is 24.3 Å². The molecule has 1 unspecified atom stereocenters. The number of hydrogen-bond acceptors (Lipinski definition) is 8. The van der Waals surface area contributed by atoms with E-state index in [9.17, 15) is 4.79 Å². The maximum Gasteiger partial charge on any atom is 0.222 e. The molecule has 1 atom stereocenters. The van der Waals surface area contributed by atoms with Gasteiger partial charge in [-0.3, -0.25) is 9.69 Å². The number of anilines is 2. The zero-order valence-corrected chi connectivity index (χ0v) is 15.4. The van der Waals surface area contributed by atoms with Crippen LogP contribution in [-0.2, 0) is 4.79 Å². The third kappa shape index (κ3) is 3.73. The number of amides is 1.